The SMILES string of the molecule is Cc1nc(CN2CCCN(C(=O)c3ccc(-c4ccccc4)cn3)CC2)cs1. The Bertz CT molecular complexity index is 923. The highest BCUT2D eigenvalue weighted by molar-refractivity contribution is 7.09. The van der Waals surface area contributed by atoms with Crippen LogP contribution in [0.15, 0.2) is 54.0 Å². The van der Waals surface area contributed by atoms with Gasteiger partial charge in [0.15, 0.2) is 0 Å². The van der Waals surface area contributed by atoms with Crippen molar-refractivity contribution in [1.29, 1.82) is 0 Å². The molecule has 6 heteroatoms. The summed E-state index contributed by atoms with van der Waals surface area (Å²) in [5.74, 6) is 0.0194. The summed E-state index contributed by atoms with van der Waals surface area (Å²) in [6, 6.07) is 13.9. The molecule has 0 spiro atoms. The van der Waals surface area contributed by atoms with Gasteiger partial charge in [-0.3, -0.25) is 14.7 Å². The van der Waals surface area contributed by atoms with Crippen LogP contribution in [0, 0.1) is 6.92 Å². The van der Waals surface area contributed by atoms with Crippen molar-refractivity contribution in [1.82, 2.24) is 19.8 Å². The van der Waals surface area contributed by atoms with Crippen molar-refractivity contribution in [2.24, 2.45) is 0 Å². The van der Waals surface area contributed by atoms with Gasteiger partial charge in [0.05, 0.1) is 10.7 Å². The van der Waals surface area contributed by atoms with E-state index >= 15 is 0 Å². The fourth-order valence-corrected chi connectivity index (χ4v) is 4.13. The fraction of sp³-hybridized carbons (Fsp3) is 0.318. The van der Waals surface area contributed by atoms with Crippen molar-refractivity contribution in [2.75, 3.05) is 26.2 Å². The average Bonchev–Trinajstić information content (AvgIpc) is 3.00. The van der Waals surface area contributed by atoms with Crippen LogP contribution >= 0.6 is 11.3 Å². The first-order chi connectivity index (χ1) is 13.7. The highest BCUT2D eigenvalue weighted by atomic mass is 32.1. The predicted octanol–water partition coefficient (Wildman–Crippen LogP) is 3.86. The van der Waals surface area contributed by atoms with E-state index in [2.05, 4.69) is 20.2 Å². The number of hydrogen-bond donors (Lipinski definition) is 0. The standard InChI is InChI=1S/C22H24N4OS/c1-17-24-20(16-28-17)15-25-10-5-11-26(13-12-25)22(27)21-9-8-19(14-23-21)18-6-3-2-4-7-18/h2-4,6-9,14,16H,5,10-13,15H2,1H3. The van der Waals surface area contributed by atoms with Gasteiger partial charge in [0.25, 0.3) is 5.91 Å². The van der Waals surface area contributed by atoms with Gasteiger partial charge >= 0.3 is 0 Å². The molecule has 4 rings (SSSR count). The van der Waals surface area contributed by atoms with Gasteiger partial charge in [0.1, 0.15) is 5.69 Å². The molecular weight excluding hydrogens is 368 g/mol. The number of hydrogen-bond acceptors (Lipinski definition) is 5. The molecule has 1 amide bonds. The Labute approximate surface area is 169 Å². The quantitative estimate of drug-likeness (QED) is 0.676. The van der Waals surface area contributed by atoms with E-state index in [0.29, 0.717) is 5.69 Å². The zero-order valence-corrected chi connectivity index (χ0v) is 16.9. The normalized spacial score (nSPS) is 15.4. The maximum Gasteiger partial charge on any atom is 0.272 e. The Morgan fingerprint density at radius 1 is 1.04 bits per heavy atom. The third-order valence-corrected chi connectivity index (χ3v) is 5.84. The molecule has 3 heterocycles. The zero-order valence-electron chi connectivity index (χ0n) is 16.0. The summed E-state index contributed by atoms with van der Waals surface area (Å²) in [7, 11) is 0. The van der Waals surface area contributed by atoms with Crippen LogP contribution in [0.4, 0.5) is 0 Å². The van der Waals surface area contributed by atoms with E-state index in [1.165, 1.54) is 0 Å². The number of benzene rings is 1. The van der Waals surface area contributed by atoms with Gasteiger partial charge in [-0.2, -0.15) is 0 Å². The van der Waals surface area contributed by atoms with Crippen LogP contribution in [0.25, 0.3) is 11.1 Å². The lowest BCUT2D eigenvalue weighted by molar-refractivity contribution is 0.0755. The second-order valence-corrected chi connectivity index (χ2v) is 8.14. The van der Waals surface area contributed by atoms with Gasteiger partial charge in [0, 0.05) is 49.9 Å². The zero-order chi connectivity index (χ0) is 19.3. The second-order valence-electron chi connectivity index (χ2n) is 7.08. The molecule has 144 valence electrons. The number of rotatable bonds is 4. The van der Waals surface area contributed by atoms with Crippen molar-refractivity contribution in [3.63, 3.8) is 0 Å². The van der Waals surface area contributed by atoms with Crippen LogP contribution < -0.4 is 0 Å². The van der Waals surface area contributed by atoms with Gasteiger partial charge in [0.2, 0.25) is 0 Å². The van der Waals surface area contributed by atoms with Crippen LogP contribution in [-0.2, 0) is 6.54 Å². The highest BCUT2D eigenvalue weighted by Gasteiger charge is 2.21. The third-order valence-electron chi connectivity index (χ3n) is 5.02. The minimum absolute atomic E-state index is 0.0194. The highest BCUT2D eigenvalue weighted by Crippen LogP contribution is 2.19. The number of aromatic nitrogens is 2. The number of pyridine rings is 1. The van der Waals surface area contributed by atoms with Crippen molar-refractivity contribution in [3.8, 4) is 11.1 Å². The Morgan fingerprint density at radius 2 is 1.89 bits per heavy atom. The predicted molar refractivity (Wildman–Crippen MR) is 112 cm³/mol. The molecular formula is C22H24N4OS. The molecule has 1 fully saturated rings. The molecule has 0 unspecified atom stereocenters. The van der Waals surface area contributed by atoms with Gasteiger partial charge in [-0.15, -0.1) is 11.3 Å². The summed E-state index contributed by atoms with van der Waals surface area (Å²) in [5.41, 5.74) is 3.78. The van der Waals surface area contributed by atoms with Gasteiger partial charge in [-0.25, -0.2) is 4.98 Å². The van der Waals surface area contributed by atoms with Crippen LogP contribution in [0.5, 0.6) is 0 Å². The van der Waals surface area contributed by atoms with Crippen molar-refractivity contribution in [2.45, 2.75) is 19.9 Å². The summed E-state index contributed by atoms with van der Waals surface area (Å²) in [6.45, 7) is 6.24. The Morgan fingerprint density at radius 3 is 2.61 bits per heavy atom. The second kappa shape index (κ2) is 8.63. The van der Waals surface area contributed by atoms with E-state index in [1.54, 1.807) is 17.5 Å². The number of carbonyl (C=O) groups excluding carboxylic acids is 1. The fourth-order valence-electron chi connectivity index (χ4n) is 3.53. The molecule has 5 nitrogen and oxygen atoms in total. The number of carbonyl (C=O) groups is 1. The molecule has 0 N–H and O–H groups in total. The average molecular weight is 393 g/mol. The number of aryl methyl sites for hydroxylation is 1. The van der Waals surface area contributed by atoms with Gasteiger partial charge in [-0.05, 0) is 25.0 Å². The van der Waals surface area contributed by atoms with E-state index < -0.39 is 0 Å². The maximum atomic E-state index is 12.9. The van der Waals surface area contributed by atoms with E-state index in [9.17, 15) is 4.79 Å². The van der Waals surface area contributed by atoms with Crippen molar-refractivity contribution < 1.29 is 4.79 Å². The monoisotopic (exact) mass is 392 g/mol. The molecule has 3 aromatic rings. The van der Waals surface area contributed by atoms with E-state index in [-0.39, 0.29) is 5.91 Å². The lowest BCUT2D eigenvalue weighted by atomic mass is 10.1. The minimum atomic E-state index is 0.0194. The minimum Gasteiger partial charge on any atom is -0.336 e. The van der Waals surface area contributed by atoms with Crippen molar-refractivity contribution >= 4 is 17.2 Å². The van der Waals surface area contributed by atoms with Gasteiger partial charge in [-0.1, -0.05) is 36.4 Å². The lowest BCUT2D eigenvalue weighted by Crippen LogP contribution is -2.35. The first-order valence-electron chi connectivity index (χ1n) is 9.63. The number of nitrogens with zero attached hydrogens (tertiary/aromatic N) is 4. The lowest BCUT2D eigenvalue weighted by Gasteiger charge is -2.21. The Hall–Kier alpha value is -2.57. The van der Waals surface area contributed by atoms with Crippen LogP contribution in [0.1, 0.15) is 27.6 Å². The molecule has 1 aliphatic heterocycles. The number of thiazole rings is 1. The van der Waals surface area contributed by atoms with Gasteiger partial charge < -0.3 is 4.90 Å². The molecule has 0 saturated carbocycles. The maximum absolute atomic E-state index is 12.9. The van der Waals surface area contributed by atoms with Crippen LogP contribution in [0.2, 0.25) is 0 Å². The summed E-state index contributed by atoms with van der Waals surface area (Å²) in [6.07, 6.45) is 2.76. The molecule has 28 heavy (non-hydrogen) atoms. The topological polar surface area (TPSA) is 49.3 Å². The van der Waals surface area contributed by atoms with Crippen LogP contribution in [0.3, 0.4) is 0 Å². The van der Waals surface area contributed by atoms with E-state index in [4.69, 9.17) is 0 Å². The van der Waals surface area contributed by atoms with Crippen molar-refractivity contribution in [3.05, 3.63) is 70.4 Å². The molecule has 0 bridgehead atoms. The molecule has 2 aromatic heterocycles. The largest absolute Gasteiger partial charge is 0.336 e. The molecule has 1 saturated heterocycles. The first-order valence-corrected chi connectivity index (χ1v) is 10.5. The molecule has 1 aliphatic rings. The first kappa shape index (κ1) is 18.8. The van der Waals surface area contributed by atoms with E-state index in [1.807, 2.05) is 54.3 Å². The Balaban J connectivity index is 1.38. The molecule has 1 aromatic carbocycles. The van der Waals surface area contributed by atoms with Crippen LogP contribution in [-0.4, -0.2) is 51.9 Å². The van der Waals surface area contributed by atoms with E-state index in [0.717, 1.165) is 61.0 Å². The Kier molecular flexibility index (Phi) is 5.78. The summed E-state index contributed by atoms with van der Waals surface area (Å²) >= 11 is 1.69. The summed E-state index contributed by atoms with van der Waals surface area (Å²) in [5, 5.41) is 3.23. The summed E-state index contributed by atoms with van der Waals surface area (Å²) < 4.78 is 0. The molecule has 0 atom stereocenters. The third kappa shape index (κ3) is 4.46. The number of amides is 1. The summed E-state index contributed by atoms with van der Waals surface area (Å²) in [4.78, 5) is 26.2. The smallest absolute Gasteiger partial charge is 0.272 e. The molecule has 0 radical (unpaired) electrons. The molecule has 0 aliphatic carbocycles.